The minimum absolute atomic E-state index is 0.259. The summed E-state index contributed by atoms with van der Waals surface area (Å²) in [5.41, 5.74) is 0. The maximum Gasteiger partial charge on any atom is 0.222 e. The van der Waals surface area contributed by atoms with Gasteiger partial charge in [-0.2, -0.15) is 5.10 Å². The zero-order chi connectivity index (χ0) is 15.4. The Hall–Kier alpha value is -2.11. The third-order valence-electron chi connectivity index (χ3n) is 4.36. The van der Waals surface area contributed by atoms with Gasteiger partial charge in [0.05, 0.1) is 6.04 Å². The van der Waals surface area contributed by atoms with Crippen molar-refractivity contribution in [3.05, 3.63) is 36.7 Å². The highest BCUT2D eigenvalue weighted by Crippen LogP contribution is 2.21. The van der Waals surface area contributed by atoms with Gasteiger partial charge >= 0.3 is 0 Å². The fourth-order valence-electron chi connectivity index (χ4n) is 3.09. The minimum atomic E-state index is 0.259. The molecule has 1 atom stereocenters. The molecule has 1 saturated heterocycles. The Morgan fingerprint density at radius 1 is 1.36 bits per heavy atom. The second-order valence-electron chi connectivity index (χ2n) is 5.89. The summed E-state index contributed by atoms with van der Waals surface area (Å²) < 4.78 is 4.07. The molecule has 0 bridgehead atoms. The molecule has 6 nitrogen and oxygen atoms in total. The topological polar surface area (TPSA) is 56.0 Å². The summed E-state index contributed by atoms with van der Waals surface area (Å²) in [5, 5.41) is 4.31. The van der Waals surface area contributed by atoms with E-state index in [9.17, 15) is 4.79 Å². The lowest BCUT2D eigenvalue weighted by Crippen LogP contribution is -2.40. The molecule has 2 aromatic heterocycles. The van der Waals surface area contributed by atoms with Crippen LogP contribution in [0.15, 0.2) is 30.9 Å². The van der Waals surface area contributed by atoms with Gasteiger partial charge in [-0.3, -0.25) is 9.48 Å². The Kier molecular flexibility index (Phi) is 4.56. The van der Waals surface area contributed by atoms with Crippen LogP contribution in [0.2, 0.25) is 0 Å². The molecule has 0 aliphatic carbocycles. The average molecular weight is 301 g/mol. The third-order valence-corrected chi connectivity index (χ3v) is 4.36. The van der Waals surface area contributed by atoms with Crippen LogP contribution in [0.25, 0.3) is 0 Å². The molecule has 22 heavy (non-hydrogen) atoms. The van der Waals surface area contributed by atoms with Crippen molar-refractivity contribution in [2.24, 2.45) is 0 Å². The average Bonchev–Trinajstić information content (AvgIpc) is 3.20. The molecule has 0 saturated carbocycles. The Morgan fingerprint density at radius 2 is 2.27 bits per heavy atom. The fourth-order valence-corrected chi connectivity index (χ4v) is 3.09. The molecule has 0 radical (unpaired) electrons. The van der Waals surface area contributed by atoms with Gasteiger partial charge in [-0.15, -0.1) is 0 Å². The van der Waals surface area contributed by atoms with Crippen LogP contribution in [0.1, 0.15) is 37.5 Å². The first-order valence-electron chi connectivity index (χ1n) is 7.98. The van der Waals surface area contributed by atoms with Gasteiger partial charge in [0.25, 0.3) is 0 Å². The Bertz CT molecular complexity index is 604. The molecule has 1 amide bonds. The number of likely N-dealkylation sites (tertiary alicyclic amines) is 1. The molecule has 0 aromatic carbocycles. The van der Waals surface area contributed by atoms with Crippen LogP contribution in [0.3, 0.4) is 0 Å². The molecule has 1 aliphatic heterocycles. The summed E-state index contributed by atoms with van der Waals surface area (Å²) in [5.74, 6) is 1.26. The number of nitrogens with zero attached hydrogens (tertiary/aromatic N) is 5. The molecule has 0 N–H and O–H groups in total. The van der Waals surface area contributed by atoms with Crippen molar-refractivity contribution in [1.82, 2.24) is 24.2 Å². The maximum atomic E-state index is 12.4. The molecule has 2 aromatic rings. The molecule has 3 heterocycles. The third kappa shape index (κ3) is 3.37. The summed E-state index contributed by atoms with van der Waals surface area (Å²) in [6.07, 6.45) is 11.2. The van der Waals surface area contributed by atoms with Gasteiger partial charge in [0, 0.05) is 50.8 Å². The van der Waals surface area contributed by atoms with Crippen LogP contribution in [0.5, 0.6) is 0 Å². The van der Waals surface area contributed by atoms with E-state index >= 15 is 0 Å². The first-order chi connectivity index (χ1) is 10.7. The first kappa shape index (κ1) is 14.8. The zero-order valence-electron chi connectivity index (χ0n) is 13.1. The van der Waals surface area contributed by atoms with Crippen LogP contribution >= 0.6 is 0 Å². The molecular formula is C16H23N5O. The predicted octanol–water partition coefficient (Wildman–Crippen LogP) is 2.03. The summed E-state index contributed by atoms with van der Waals surface area (Å²) in [6, 6.07) is 2.26. The second kappa shape index (κ2) is 6.77. The maximum absolute atomic E-state index is 12.4. The Labute approximate surface area is 130 Å². The smallest absolute Gasteiger partial charge is 0.222 e. The zero-order valence-corrected chi connectivity index (χ0v) is 13.1. The molecule has 6 heteroatoms. The van der Waals surface area contributed by atoms with Gasteiger partial charge in [0.2, 0.25) is 5.91 Å². The predicted molar refractivity (Wildman–Crippen MR) is 83.3 cm³/mol. The molecule has 1 aliphatic rings. The standard InChI is InChI=1S/C16H23N5O/c1-14-17-8-12-19(14)9-3-6-16(22)20-10-2-5-15(13-20)21-11-4-7-18-21/h4,7-8,11-12,15H,2-3,5-6,9-10,13H2,1H3. The molecule has 118 valence electrons. The number of rotatable bonds is 5. The molecule has 1 fully saturated rings. The number of piperidine rings is 1. The van der Waals surface area contributed by atoms with Gasteiger partial charge in [0.15, 0.2) is 0 Å². The van der Waals surface area contributed by atoms with E-state index in [2.05, 4.69) is 14.6 Å². The van der Waals surface area contributed by atoms with Crippen molar-refractivity contribution < 1.29 is 4.79 Å². The van der Waals surface area contributed by atoms with Crippen molar-refractivity contribution in [2.75, 3.05) is 13.1 Å². The first-order valence-corrected chi connectivity index (χ1v) is 7.98. The summed E-state index contributed by atoms with van der Waals surface area (Å²) in [6.45, 7) is 4.50. The number of hydrogen-bond acceptors (Lipinski definition) is 3. The lowest BCUT2D eigenvalue weighted by Gasteiger charge is -2.33. The number of aromatic nitrogens is 4. The highest BCUT2D eigenvalue weighted by Gasteiger charge is 2.24. The SMILES string of the molecule is Cc1nccn1CCCC(=O)N1CCCC(n2cccn2)C1. The minimum Gasteiger partial charge on any atom is -0.341 e. The van der Waals surface area contributed by atoms with Crippen molar-refractivity contribution in [1.29, 1.82) is 0 Å². The number of imidazole rings is 1. The van der Waals surface area contributed by atoms with E-state index in [1.54, 1.807) is 12.4 Å². The fraction of sp³-hybridized carbons (Fsp3) is 0.562. The number of carbonyl (C=O) groups excluding carboxylic acids is 1. The Balaban J connectivity index is 1.48. The molecule has 1 unspecified atom stereocenters. The summed E-state index contributed by atoms with van der Waals surface area (Å²) in [7, 11) is 0. The van der Waals surface area contributed by atoms with E-state index < -0.39 is 0 Å². The normalized spacial score (nSPS) is 18.6. The van der Waals surface area contributed by atoms with Gasteiger partial charge in [-0.1, -0.05) is 0 Å². The van der Waals surface area contributed by atoms with Crippen LogP contribution in [0.4, 0.5) is 0 Å². The van der Waals surface area contributed by atoms with Crippen LogP contribution in [-0.4, -0.2) is 43.2 Å². The number of aryl methyl sites for hydroxylation is 2. The van der Waals surface area contributed by atoms with Gasteiger partial charge in [-0.25, -0.2) is 4.98 Å². The van der Waals surface area contributed by atoms with E-state index in [0.29, 0.717) is 12.5 Å². The van der Waals surface area contributed by atoms with Crippen molar-refractivity contribution in [2.45, 2.75) is 45.2 Å². The van der Waals surface area contributed by atoms with E-state index in [0.717, 1.165) is 44.7 Å². The molecule has 0 spiro atoms. The lowest BCUT2D eigenvalue weighted by atomic mass is 10.1. The number of carbonyl (C=O) groups is 1. The van der Waals surface area contributed by atoms with E-state index in [4.69, 9.17) is 0 Å². The number of hydrogen-bond donors (Lipinski definition) is 0. The number of amides is 1. The molecule has 3 rings (SSSR count). The van der Waals surface area contributed by atoms with Gasteiger partial charge in [-0.05, 0) is 32.3 Å². The lowest BCUT2D eigenvalue weighted by molar-refractivity contribution is -0.133. The van der Waals surface area contributed by atoms with Crippen molar-refractivity contribution >= 4 is 5.91 Å². The van der Waals surface area contributed by atoms with Crippen LogP contribution < -0.4 is 0 Å². The monoisotopic (exact) mass is 301 g/mol. The van der Waals surface area contributed by atoms with Gasteiger partial charge in [0.1, 0.15) is 5.82 Å². The van der Waals surface area contributed by atoms with Crippen molar-refractivity contribution in [3.63, 3.8) is 0 Å². The quantitative estimate of drug-likeness (QED) is 0.849. The van der Waals surface area contributed by atoms with E-state index in [1.165, 1.54) is 0 Å². The summed E-state index contributed by atoms with van der Waals surface area (Å²) in [4.78, 5) is 18.6. The highest BCUT2D eigenvalue weighted by atomic mass is 16.2. The molecular weight excluding hydrogens is 278 g/mol. The van der Waals surface area contributed by atoms with Crippen LogP contribution in [-0.2, 0) is 11.3 Å². The van der Waals surface area contributed by atoms with Gasteiger partial charge < -0.3 is 9.47 Å². The largest absolute Gasteiger partial charge is 0.341 e. The highest BCUT2D eigenvalue weighted by molar-refractivity contribution is 5.76. The van der Waals surface area contributed by atoms with Crippen molar-refractivity contribution in [3.8, 4) is 0 Å². The van der Waals surface area contributed by atoms with E-state index in [-0.39, 0.29) is 5.91 Å². The van der Waals surface area contributed by atoms with Crippen LogP contribution in [0, 0.1) is 6.92 Å². The second-order valence-corrected chi connectivity index (χ2v) is 5.89. The summed E-state index contributed by atoms with van der Waals surface area (Å²) >= 11 is 0. The Morgan fingerprint density at radius 3 is 3.00 bits per heavy atom. The van der Waals surface area contributed by atoms with E-state index in [1.807, 2.05) is 35.0 Å².